The van der Waals surface area contributed by atoms with Crippen LogP contribution in [0.5, 0.6) is 0 Å². The van der Waals surface area contributed by atoms with Crippen LogP contribution >= 0.6 is 12.2 Å². The average Bonchev–Trinajstić information content (AvgIpc) is 3.51. The molecule has 5 nitrogen and oxygen atoms in total. The van der Waals surface area contributed by atoms with Crippen molar-refractivity contribution in [3.8, 4) is 0 Å². The van der Waals surface area contributed by atoms with E-state index in [0.29, 0.717) is 22.8 Å². The summed E-state index contributed by atoms with van der Waals surface area (Å²) in [6, 6.07) is 17.4. The van der Waals surface area contributed by atoms with Gasteiger partial charge in [-0.3, -0.25) is 0 Å². The number of anilines is 1. The summed E-state index contributed by atoms with van der Waals surface area (Å²) in [6.45, 7) is 2.93. The molecule has 1 fully saturated rings. The number of sulfonamides is 1. The average molecular weight is 418 g/mol. The molecule has 1 saturated carbocycles. The summed E-state index contributed by atoms with van der Waals surface area (Å²) in [7, 11) is -0.434. The quantitative estimate of drug-likeness (QED) is 0.692. The highest BCUT2D eigenvalue weighted by atomic mass is 32.2. The Morgan fingerprint density at radius 1 is 1.14 bits per heavy atom. The zero-order valence-electron chi connectivity index (χ0n) is 16.5. The summed E-state index contributed by atoms with van der Waals surface area (Å²) in [5.74, 6) is 0.656. The molecule has 0 aliphatic heterocycles. The molecule has 3 rings (SSSR count). The first-order valence-electron chi connectivity index (χ1n) is 9.43. The second-order valence-corrected chi connectivity index (χ2v) is 9.98. The monoisotopic (exact) mass is 417 g/mol. The van der Waals surface area contributed by atoms with Crippen LogP contribution in [0.2, 0.25) is 0 Å². The summed E-state index contributed by atoms with van der Waals surface area (Å²) in [5, 5.41) is 3.87. The Hall–Kier alpha value is -1.96. The van der Waals surface area contributed by atoms with Gasteiger partial charge < -0.3 is 10.2 Å². The molecule has 2 aromatic rings. The van der Waals surface area contributed by atoms with Crippen LogP contribution in [-0.4, -0.2) is 42.9 Å². The van der Waals surface area contributed by atoms with E-state index in [9.17, 15) is 8.42 Å². The number of nitrogens with one attached hydrogen (secondary N) is 1. The first kappa shape index (κ1) is 20.8. The predicted molar refractivity (Wildman–Crippen MR) is 118 cm³/mol. The first-order chi connectivity index (χ1) is 13.3. The Morgan fingerprint density at radius 2 is 1.82 bits per heavy atom. The van der Waals surface area contributed by atoms with Gasteiger partial charge in [0.05, 0.1) is 4.90 Å². The molecule has 0 radical (unpaired) electrons. The molecule has 1 aliphatic rings. The maximum absolute atomic E-state index is 12.4. The van der Waals surface area contributed by atoms with Gasteiger partial charge in [-0.1, -0.05) is 36.4 Å². The Labute approximate surface area is 173 Å². The van der Waals surface area contributed by atoms with Gasteiger partial charge in [-0.25, -0.2) is 12.7 Å². The fourth-order valence-electron chi connectivity index (χ4n) is 3.15. The highest BCUT2D eigenvalue weighted by molar-refractivity contribution is 7.89. The summed E-state index contributed by atoms with van der Waals surface area (Å²) in [6.07, 6.45) is 2.46. The van der Waals surface area contributed by atoms with Gasteiger partial charge in [0.25, 0.3) is 0 Å². The van der Waals surface area contributed by atoms with Crippen LogP contribution in [0, 0.1) is 5.92 Å². The Morgan fingerprint density at radius 3 is 2.43 bits per heavy atom. The van der Waals surface area contributed by atoms with Crippen LogP contribution in [0.1, 0.15) is 25.3 Å². The van der Waals surface area contributed by atoms with Gasteiger partial charge in [0.15, 0.2) is 5.11 Å². The van der Waals surface area contributed by atoms with E-state index in [0.717, 1.165) is 6.54 Å². The highest BCUT2D eigenvalue weighted by Crippen LogP contribution is 2.36. The van der Waals surface area contributed by atoms with Crippen molar-refractivity contribution in [3.05, 3.63) is 60.2 Å². The zero-order chi connectivity index (χ0) is 20.3. The van der Waals surface area contributed by atoms with Crippen molar-refractivity contribution in [2.75, 3.05) is 19.4 Å². The zero-order valence-corrected chi connectivity index (χ0v) is 18.1. The molecule has 1 aliphatic carbocycles. The summed E-state index contributed by atoms with van der Waals surface area (Å²) >= 11 is 5.72. The van der Waals surface area contributed by atoms with Gasteiger partial charge in [0, 0.05) is 32.4 Å². The van der Waals surface area contributed by atoms with Crippen LogP contribution in [0.15, 0.2) is 59.5 Å². The van der Waals surface area contributed by atoms with E-state index in [1.54, 1.807) is 18.2 Å². The SMILES string of the molecule is CC(C1CC1)N(Cc1ccccc1)C(=S)Nc1cccc(S(=O)(=O)N(C)C)c1. The Bertz CT molecular complexity index is 926. The molecule has 0 bridgehead atoms. The fourth-order valence-corrected chi connectivity index (χ4v) is 4.45. The van der Waals surface area contributed by atoms with E-state index < -0.39 is 10.0 Å². The van der Waals surface area contributed by atoms with Gasteiger partial charge >= 0.3 is 0 Å². The second kappa shape index (κ2) is 8.59. The van der Waals surface area contributed by atoms with Gasteiger partial charge in [0.2, 0.25) is 10.0 Å². The molecule has 0 heterocycles. The van der Waals surface area contributed by atoms with Crippen molar-refractivity contribution in [1.82, 2.24) is 9.21 Å². The molecule has 7 heteroatoms. The van der Waals surface area contributed by atoms with Crippen LogP contribution in [0.4, 0.5) is 5.69 Å². The summed E-state index contributed by atoms with van der Waals surface area (Å²) in [5.41, 5.74) is 1.87. The van der Waals surface area contributed by atoms with E-state index >= 15 is 0 Å². The van der Waals surface area contributed by atoms with Gasteiger partial charge in [-0.05, 0) is 61.7 Å². The third kappa shape index (κ3) is 4.90. The molecule has 1 N–H and O–H groups in total. The van der Waals surface area contributed by atoms with Crippen molar-refractivity contribution in [2.45, 2.75) is 37.2 Å². The minimum atomic E-state index is -3.49. The third-order valence-corrected chi connectivity index (χ3v) is 7.26. The summed E-state index contributed by atoms with van der Waals surface area (Å²) < 4.78 is 26.0. The molecule has 1 unspecified atom stereocenters. The van der Waals surface area contributed by atoms with Crippen molar-refractivity contribution in [3.63, 3.8) is 0 Å². The fraction of sp³-hybridized carbons (Fsp3) is 0.381. The van der Waals surface area contributed by atoms with Gasteiger partial charge in [0.1, 0.15) is 0 Å². The number of rotatable bonds is 7. The molecule has 150 valence electrons. The van der Waals surface area contributed by atoms with Crippen molar-refractivity contribution < 1.29 is 8.42 Å². The number of thiocarbonyl (C=S) groups is 1. The topological polar surface area (TPSA) is 52.7 Å². The number of hydrogen-bond acceptors (Lipinski definition) is 3. The number of hydrogen-bond donors (Lipinski definition) is 1. The lowest BCUT2D eigenvalue weighted by Crippen LogP contribution is -2.41. The maximum Gasteiger partial charge on any atom is 0.242 e. The van der Waals surface area contributed by atoms with Crippen LogP contribution in [0.3, 0.4) is 0 Å². The van der Waals surface area contributed by atoms with E-state index in [1.165, 1.54) is 36.8 Å². The minimum Gasteiger partial charge on any atom is -0.342 e. The molecule has 1 atom stereocenters. The molecule has 0 spiro atoms. The Balaban J connectivity index is 1.80. The van der Waals surface area contributed by atoms with E-state index in [2.05, 4.69) is 29.3 Å². The first-order valence-corrected chi connectivity index (χ1v) is 11.3. The molecular formula is C21H27N3O2S2. The predicted octanol–water partition coefficient (Wildman–Crippen LogP) is 3.93. The lowest BCUT2D eigenvalue weighted by atomic mass is 10.1. The van der Waals surface area contributed by atoms with Crippen LogP contribution in [0.25, 0.3) is 0 Å². The molecule has 2 aromatic carbocycles. The largest absolute Gasteiger partial charge is 0.342 e. The molecular weight excluding hydrogens is 390 g/mol. The lowest BCUT2D eigenvalue weighted by molar-refractivity contribution is 0.298. The Kier molecular flexibility index (Phi) is 6.37. The van der Waals surface area contributed by atoms with Crippen molar-refractivity contribution >= 4 is 33.0 Å². The van der Waals surface area contributed by atoms with Crippen LogP contribution in [-0.2, 0) is 16.6 Å². The molecule has 0 amide bonds. The van der Waals surface area contributed by atoms with E-state index in [4.69, 9.17) is 12.2 Å². The molecule has 0 aromatic heterocycles. The van der Waals surface area contributed by atoms with Crippen LogP contribution < -0.4 is 5.32 Å². The maximum atomic E-state index is 12.4. The van der Waals surface area contributed by atoms with Gasteiger partial charge in [-0.15, -0.1) is 0 Å². The third-order valence-electron chi connectivity index (χ3n) is 5.12. The minimum absolute atomic E-state index is 0.246. The summed E-state index contributed by atoms with van der Waals surface area (Å²) in [4.78, 5) is 2.45. The number of nitrogens with zero attached hydrogens (tertiary/aromatic N) is 2. The smallest absolute Gasteiger partial charge is 0.242 e. The second-order valence-electron chi connectivity index (χ2n) is 7.44. The standard InChI is InChI=1S/C21H27N3O2S2/c1-16(18-12-13-18)24(15-17-8-5-4-6-9-17)21(27)22-19-10-7-11-20(14-19)28(25,26)23(2)3/h4-11,14,16,18H,12-13,15H2,1-3H3,(H,22,27). The van der Waals surface area contributed by atoms with Crippen molar-refractivity contribution in [2.24, 2.45) is 5.92 Å². The molecule has 0 saturated heterocycles. The van der Waals surface area contributed by atoms with Crippen molar-refractivity contribution in [1.29, 1.82) is 0 Å². The lowest BCUT2D eigenvalue weighted by Gasteiger charge is -2.32. The highest BCUT2D eigenvalue weighted by Gasteiger charge is 2.33. The van der Waals surface area contributed by atoms with E-state index in [-0.39, 0.29) is 4.90 Å². The van der Waals surface area contributed by atoms with Gasteiger partial charge in [-0.2, -0.15) is 0 Å². The van der Waals surface area contributed by atoms with E-state index in [1.807, 2.05) is 24.3 Å². The molecule has 28 heavy (non-hydrogen) atoms. The number of benzene rings is 2. The normalized spacial score (nSPS) is 15.3.